The minimum atomic E-state index is -0.919. The van der Waals surface area contributed by atoms with E-state index < -0.39 is 17.8 Å². The predicted octanol–water partition coefficient (Wildman–Crippen LogP) is 3.91. The van der Waals surface area contributed by atoms with Crippen molar-refractivity contribution in [1.82, 2.24) is 0 Å². The molecule has 0 saturated heterocycles. The van der Waals surface area contributed by atoms with Gasteiger partial charge in [0.15, 0.2) is 5.78 Å². The lowest BCUT2D eigenvalue weighted by atomic mass is 9.83. The van der Waals surface area contributed by atoms with Crippen molar-refractivity contribution in [3.05, 3.63) is 34.4 Å². The molecule has 0 radical (unpaired) electrons. The smallest absolute Gasteiger partial charge is 0.306 e. The van der Waals surface area contributed by atoms with Gasteiger partial charge in [-0.3, -0.25) is 9.59 Å². The molecular formula is C18H26O3. The Kier molecular flexibility index (Phi) is 6.13. The van der Waals surface area contributed by atoms with Gasteiger partial charge < -0.3 is 5.11 Å². The van der Waals surface area contributed by atoms with Crippen LogP contribution in [0.15, 0.2) is 12.1 Å². The molecule has 0 bridgehead atoms. The minimum Gasteiger partial charge on any atom is -0.481 e. The molecule has 21 heavy (non-hydrogen) atoms. The van der Waals surface area contributed by atoms with Crippen LogP contribution in [0.3, 0.4) is 0 Å². The zero-order chi connectivity index (χ0) is 16.2. The summed E-state index contributed by atoms with van der Waals surface area (Å²) in [6.45, 7) is 9.49. The fraction of sp³-hybridized carbons (Fsp3) is 0.556. The first-order valence-electron chi connectivity index (χ1n) is 7.78. The molecule has 1 aromatic rings. The number of carboxylic acid groups (broad SMARTS) is 1. The van der Waals surface area contributed by atoms with E-state index in [1.165, 1.54) is 5.56 Å². The lowest BCUT2D eigenvalue weighted by Gasteiger charge is -2.20. The van der Waals surface area contributed by atoms with Crippen LogP contribution < -0.4 is 0 Å². The van der Waals surface area contributed by atoms with Gasteiger partial charge in [0.2, 0.25) is 0 Å². The molecule has 0 heterocycles. The van der Waals surface area contributed by atoms with E-state index in [4.69, 9.17) is 5.11 Å². The summed E-state index contributed by atoms with van der Waals surface area (Å²) in [6, 6.07) is 4.18. The summed E-state index contributed by atoms with van der Waals surface area (Å²) in [5, 5.41) is 9.13. The predicted molar refractivity (Wildman–Crippen MR) is 84.9 cm³/mol. The maximum absolute atomic E-state index is 12.8. The van der Waals surface area contributed by atoms with Crippen LogP contribution in [-0.4, -0.2) is 16.9 Å². The van der Waals surface area contributed by atoms with E-state index in [1.807, 2.05) is 13.8 Å². The van der Waals surface area contributed by atoms with Crippen molar-refractivity contribution in [2.75, 3.05) is 0 Å². The molecule has 1 aromatic carbocycles. The van der Waals surface area contributed by atoms with Crippen molar-refractivity contribution >= 4 is 11.8 Å². The Hall–Kier alpha value is -1.64. The first kappa shape index (κ1) is 17.4. The molecule has 0 aliphatic carbocycles. The van der Waals surface area contributed by atoms with Crippen molar-refractivity contribution < 1.29 is 14.7 Å². The number of rotatable bonds is 7. The number of hydrogen-bond donors (Lipinski definition) is 1. The fourth-order valence-electron chi connectivity index (χ4n) is 2.59. The van der Waals surface area contributed by atoms with Crippen LogP contribution in [0.4, 0.5) is 0 Å². The number of ketones is 1. The molecule has 2 atom stereocenters. The summed E-state index contributed by atoms with van der Waals surface area (Å²) in [6.07, 6.45) is 2.52. The quantitative estimate of drug-likeness (QED) is 0.774. The number of carbonyl (C=O) groups is 2. The molecule has 1 N–H and O–H groups in total. The third-order valence-corrected chi connectivity index (χ3v) is 4.33. The molecule has 0 spiro atoms. The highest BCUT2D eigenvalue weighted by Gasteiger charge is 2.29. The van der Waals surface area contributed by atoms with Gasteiger partial charge in [0.05, 0.1) is 5.92 Å². The van der Waals surface area contributed by atoms with Gasteiger partial charge >= 0.3 is 5.97 Å². The van der Waals surface area contributed by atoms with E-state index in [9.17, 15) is 9.59 Å². The number of hydrogen-bond acceptors (Lipinski definition) is 2. The molecule has 2 unspecified atom stereocenters. The number of aryl methyl sites for hydroxylation is 3. The lowest BCUT2D eigenvalue weighted by molar-refractivity contribution is -0.142. The number of carbonyl (C=O) groups excluding carboxylic acids is 1. The maximum Gasteiger partial charge on any atom is 0.306 e. The highest BCUT2D eigenvalue weighted by Crippen LogP contribution is 2.26. The van der Waals surface area contributed by atoms with Gasteiger partial charge in [-0.05, 0) is 36.0 Å². The van der Waals surface area contributed by atoms with E-state index in [0.29, 0.717) is 0 Å². The van der Waals surface area contributed by atoms with E-state index in [2.05, 4.69) is 19.1 Å². The Morgan fingerprint density at radius 3 is 1.76 bits per heavy atom. The summed E-state index contributed by atoms with van der Waals surface area (Å²) >= 11 is 0. The number of carboxylic acids is 1. The monoisotopic (exact) mass is 290 g/mol. The first-order valence-corrected chi connectivity index (χ1v) is 7.78. The number of Topliss-reactive ketones (excluding diaryl/α,β-unsaturated/α-hetero) is 1. The van der Waals surface area contributed by atoms with Crippen LogP contribution >= 0.6 is 0 Å². The maximum atomic E-state index is 12.8. The van der Waals surface area contributed by atoms with Crippen LogP contribution in [0, 0.1) is 11.8 Å². The van der Waals surface area contributed by atoms with Crippen LogP contribution in [0.25, 0.3) is 0 Å². The molecule has 0 amide bonds. The standard InChI is InChI=1S/C18H26O3/c1-6-13-9-14(7-2)16(15(8-3)10-13)17(19)11(4)12(5)18(20)21/h9-12H,6-8H2,1-5H3,(H,20,21). The first-order chi connectivity index (χ1) is 9.87. The van der Waals surface area contributed by atoms with Crippen LogP contribution in [0.2, 0.25) is 0 Å². The van der Waals surface area contributed by atoms with Gasteiger partial charge in [0, 0.05) is 11.5 Å². The molecule has 116 valence electrons. The number of benzene rings is 1. The van der Waals surface area contributed by atoms with Crippen LogP contribution in [0.1, 0.15) is 61.7 Å². The topological polar surface area (TPSA) is 54.4 Å². The van der Waals surface area contributed by atoms with Crippen molar-refractivity contribution in [2.45, 2.75) is 53.9 Å². The zero-order valence-electron chi connectivity index (χ0n) is 13.7. The van der Waals surface area contributed by atoms with Gasteiger partial charge in [0.1, 0.15) is 0 Å². The fourth-order valence-corrected chi connectivity index (χ4v) is 2.59. The average molecular weight is 290 g/mol. The van der Waals surface area contributed by atoms with E-state index >= 15 is 0 Å². The molecule has 0 aliphatic heterocycles. The highest BCUT2D eigenvalue weighted by atomic mass is 16.4. The van der Waals surface area contributed by atoms with Gasteiger partial charge in [-0.2, -0.15) is 0 Å². The van der Waals surface area contributed by atoms with Gasteiger partial charge in [-0.25, -0.2) is 0 Å². The second-order valence-corrected chi connectivity index (χ2v) is 5.63. The molecule has 0 fully saturated rings. The third kappa shape index (κ3) is 3.72. The molecule has 0 aromatic heterocycles. The normalized spacial score (nSPS) is 13.8. The van der Waals surface area contributed by atoms with Gasteiger partial charge in [-0.15, -0.1) is 0 Å². The molecule has 1 rings (SSSR count). The van der Waals surface area contributed by atoms with Crippen molar-refractivity contribution in [2.24, 2.45) is 11.8 Å². The van der Waals surface area contributed by atoms with Crippen LogP contribution in [0.5, 0.6) is 0 Å². The molecule has 3 nitrogen and oxygen atoms in total. The average Bonchev–Trinajstić information content (AvgIpc) is 2.50. The largest absolute Gasteiger partial charge is 0.481 e. The van der Waals surface area contributed by atoms with Crippen molar-refractivity contribution in [3.8, 4) is 0 Å². The molecular weight excluding hydrogens is 264 g/mol. The number of aliphatic carboxylic acids is 1. The Labute approximate surface area is 127 Å². The highest BCUT2D eigenvalue weighted by molar-refractivity contribution is 6.02. The summed E-state index contributed by atoms with van der Waals surface area (Å²) in [4.78, 5) is 23.9. The van der Waals surface area contributed by atoms with E-state index in [-0.39, 0.29) is 5.78 Å². The second-order valence-electron chi connectivity index (χ2n) is 5.63. The molecule has 3 heteroatoms. The van der Waals surface area contributed by atoms with Gasteiger partial charge in [-0.1, -0.05) is 46.8 Å². The molecule has 0 aliphatic rings. The Balaban J connectivity index is 3.33. The Morgan fingerprint density at radius 1 is 0.952 bits per heavy atom. The second kappa shape index (κ2) is 7.39. The van der Waals surface area contributed by atoms with Crippen LogP contribution in [-0.2, 0) is 24.1 Å². The third-order valence-electron chi connectivity index (χ3n) is 4.33. The summed E-state index contributed by atoms with van der Waals surface area (Å²) in [7, 11) is 0. The Bertz CT molecular complexity index is 506. The summed E-state index contributed by atoms with van der Waals surface area (Å²) in [5.41, 5.74) is 4.07. The van der Waals surface area contributed by atoms with E-state index in [1.54, 1.807) is 13.8 Å². The lowest BCUT2D eigenvalue weighted by Crippen LogP contribution is -2.27. The Morgan fingerprint density at radius 2 is 1.43 bits per heavy atom. The van der Waals surface area contributed by atoms with Crippen molar-refractivity contribution in [3.63, 3.8) is 0 Å². The SMILES string of the molecule is CCc1cc(CC)c(C(=O)C(C)C(C)C(=O)O)c(CC)c1. The minimum absolute atomic E-state index is 0.0405. The van der Waals surface area contributed by atoms with Gasteiger partial charge in [0.25, 0.3) is 0 Å². The molecule has 0 saturated carbocycles. The summed E-state index contributed by atoms with van der Waals surface area (Å²) < 4.78 is 0. The van der Waals surface area contributed by atoms with E-state index in [0.717, 1.165) is 36.0 Å². The van der Waals surface area contributed by atoms with Crippen molar-refractivity contribution in [1.29, 1.82) is 0 Å². The summed E-state index contributed by atoms with van der Waals surface area (Å²) in [5.74, 6) is -2.14. The zero-order valence-corrected chi connectivity index (χ0v) is 13.7.